The molecule has 2 aliphatic rings. The standard InChI is InChI=1S/C23H26FN5O4/c1-12-6-19(27-9-15(12)22(31)32)33-13-8-23(2)11-28-21(26)18(29(23)10-13)7-17(25)14-4-3-5-16(24)20(14)30/h3-7,9,13,28,30H,8,10-11,25-26H2,1-2H3,(H,31,32)/b17-7-. The third-order valence-electron chi connectivity index (χ3n) is 6.13. The van der Waals surface area contributed by atoms with E-state index in [1.807, 2.05) is 0 Å². The number of phenols is 1. The lowest BCUT2D eigenvalue weighted by Crippen LogP contribution is -2.53. The minimum absolute atomic E-state index is 0.126. The largest absolute Gasteiger partial charge is 0.504 e. The van der Waals surface area contributed by atoms with Crippen LogP contribution in [-0.4, -0.2) is 50.8 Å². The summed E-state index contributed by atoms with van der Waals surface area (Å²) < 4.78 is 19.9. The molecule has 33 heavy (non-hydrogen) atoms. The highest BCUT2D eigenvalue weighted by molar-refractivity contribution is 5.88. The summed E-state index contributed by atoms with van der Waals surface area (Å²) >= 11 is 0. The Kier molecular flexibility index (Phi) is 5.52. The van der Waals surface area contributed by atoms with E-state index in [0.29, 0.717) is 42.5 Å². The number of nitrogens with one attached hydrogen (secondary N) is 1. The van der Waals surface area contributed by atoms with Gasteiger partial charge in [0.15, 0.2) is 11.6 Å². The van der Waals surface area contributed by atoms with Crippen molar-refractivity contribution in [2.75, 3.05) is 13.1 Å². The number of halogens is 1. The maximum absolute atomic E-state index is 13.8. The zero-order valence-corrected chi connectivity index (χ0v) is 18.3. The average Bonchev–Trinajstić information content (AvgIpc) is 3.08. The van der Waals surface area contributed by atoms with Crippen LogP contribution in [0.4, 0.5) is 4.39 Å². The number of para-hydroxylation sites is 1. The van der Waals surface area contributed by atoms with Crippen LogP contribution in [0.2, 0.25) is 0 Å². The molecular formula is C23H26FN5O4. The first-order valence-electron chi connectivity index (χ1n) is 10.4. The smallest absolute Gasteiger partial charge is 0.337 e. The highest BCUT2D eigenvalue weighted by Crippen LogP contribution is 2.38. The summed E-state index contributed by atoms with van der Waals surface area (Å²) in [4.78, 5) is 17.4. The summed E-state index contributed by atoms with van der Waals surface area (Å²) in [5, 5.41) is 22.4. The first kappa shape index (κ1) is 22.3. The van der Waals surface area contributed by atoms with Gasteiger partial charge in [-0.2, -0.15) is 0 Å². The van der Waals surface area contributed by atoms with E-state index in [4.69, 9.17) is 16.2 Å². The number of hydrogen-bond acceptors (Lipinski definition) is 8. The molecule has 2 aromatic rings. The SMILES string of the molecule is Cc1cc(OC2CN3C(/C=C(\N)c4cccc(F)c4O)=C(N)NCC3(C)C2)ncc1C(=O)O. The number of fused-ring (bicyclic) bond motifs is 1. The molecule has 0 radical (unpaired) electrons. The minimum atomic E-state index is -1.04. The second kappa shape index (κ2) is 8.19. The molecule has 9 nitrogen and oxygen atoms in total. The number of phenolic OH excluding ortho intramolecular Hbond substituents is 1. The first-order chi connectivity index (χ1) is 15.6. The summed E-state index contributed by atoms with van der Waals surface area (Å²) in [5.74, 6) is -1.57. The van der Waals surface area contributed by atoms with Crippen LogP contribution in [0.5, 0.6) is 11.6 Å². The molecule has 0 aliphatic carbocycles. The molecule has 0 spiro atoms. The van der Waals surface area contributed by atoms with Gasteiger partial charge in [-0.1, -0.05) is 6.07 Å². The first-order valence-corrected chi connectivity index (χ1v) is 10.4. The monoisotopic (exact) mass is 455 g/mol. The number of hydrogen-bond donors (Lipinski definition) is 5. The number of aromatic hydroxyl groups is 1. The van der Waals surface area contributed by atoms with Gasteiger partial charge in [-0.25, -0.2) is 14.2 Å². The van der Waals surface area contributed by atoms with E-state index in [1.54, 1.807) is 19.1 Å². The number of carbonyl (C=O) groups is 1. The number of pyridine rings is 1. The molecule has 1 aromatic heterocycles. The number of allylic oxidation sites excluding steroid dienone is 1. The van der Waals surface area contributed by atoms with E-state index in [-0.39, 0.29) is 28.5 Å². The molecule has 174 valence electrons. The molecule has 0 saturated carbocycles. The van der Waals surface area contributed by atoms with Crippen molar-refractivity contribution in [3.8, 4) is 11.6 Å². The van der Waals surface area contributed by atoms with Gasteiger partial charge in [0.25, 0.3) is 0 Å². The zero-order chi connectivity index (χ0) is 23.9. The Morgan fingerprint density at radius 3 is 2.88 bits per heavy atom. The van der Waals surface area contributed by atoms with Crippen molar-refractivity contribution in [3.63, 3.8) is 0 Å². The topological polar surface area (TPSA) is 147 Å². The molecule has 7 N–H and O–H groups in total. The number of aromatic carboxylic acids is 1. The van der Waals surface area contributed by atoms with Crippen molar-refractivity contribution < 1.29 is 24.1 Å². The second-order valence-corrected chi connectivity index (χ2v) is 8.58. The van der Waals surface area contributed by atoms with E-state index in [2.05, 4.69) is 22.1 Å². The van der Waals surface area contributed by atoms with Gasteiger partial charge in [0.2, 0.25) is 5.88 Å². The lowest BCUT2D eigenvalue weighted by Gasteiger charge is -2.42. The Morgan fingerprint density at radius 2 is 2.18 bits per heavy atom. The number of carboxylic acid groups (broad SMARTS) is 1. The highest BCUT2D eigenvalue weighted by Gasteiger charge is 2.46. The average molecular weight is 455 g/mol. The molecule has 0 bridgehead atoms. The molecule has 1 aromatic carbocycles. The van der Waals surface area contributed by atoms with Gasteiger partial charge < -0.3 is 36.6 Å². The molecule has 2 atom stereocenters. The lowest BCUT2D eigenvalue weighted by atomic mass is 9.95. The Labute approximate surface area is 190 Å². The number of carboxylic acids is 1. The van der Waals surface area contributed by atoms with Crippen molar-refractivity contribution in [3.05, 3.63) is 70.6 Å². The maximum atomic E-state index is 13.8. The third kappa shape index (κ3) is 4.11. The van der Waals surface area contributed by atoms with Crippen LogP contribution in [-0.2, 0) is 0 Å². The fourth-order valence-corrected chi connectivity index (χ4v) is 4.36. The summed E-state index contributed by atoms with van der Waals surface area (Å²) in [5.41, 5.74) is 13.7. The zero-order valence-electron chi connectivity index (χ0n) is 18.3. The predicted molar refractivity (Wildman–Crippen MR) is 120 cm³/mol. The quantitative estimate of drug-likeness (QED) is 0.456. The maximum Gasteiger partial charge on any atom is 0.337 e. The summed E-state index contributed by atoms with van der Waals surface area (Å²) in [6.45, 7) is 4.81. The molecule has 3 heterocycles. The van der Waals surface area contributed by atoms with Crippen molar-refractivity contribution >= 4 is 11.7 Å². The molecule has 10 heteroatoms. The van der Waals surface area contributed by atoms with Crippen molar-refractivity contribution in [1.29, 1.82) is 0 Å². The van der Waals surface area contributed by atoms with Crippen LogP contribution in [0.1, 0.15) is 34.8 Å². The van der Waals surface area contributed by atoms with Gasteiger partial charge in [-0.15, -0.1) is 0 Å². The number of nitrogens with two attached hydrogens (primary N) is 2. The van der Waals surface area contributed by atoms with Crippen LogP contribution in [0.15, 0.2) is 48.1 Å². The molecule has 2 unspecified atom stereocenters. The molecular weight excluding hydrogens is 429 g/mol. The second-order valence-electron chi connectivity index (χ2n) is 8.58. The van der Waals surface area contributed by atoms with Crippen molar-refractivity contribution in [2.24, 2.45) is 11.5 Å². The van der Waals surface area contributed by atoms with Crippen molar-refractivity contribution in [1.82, 2.24) is 15.2 Å². The molecule has 2 aliphatic heterocycles. The van der Waals surface area contributed by atoms with E-state index >= 15 is 0 Å². The molecule has 1 saturated heterocycles. The Hall–Kier alpha value is -3.95. The number of nitrogens with zero attached hydrogens (tertiary/aromatic N) is 2. The van der Waals surface area contributed by atoms with Crippen LogP contribution in [0, 0.1) is 12.7 Å². The highest BCUT2D eigenvalue weighted by atomic mass is 19.1. The number of rotatable bonds is 5. The van der Waals surface area contributed by atoms with Gasteiger partial charge in [-0.3, -0.25) is 0 Å². The Bertz CT molecular complexity index is 1180. The van der Waals surface area contributed by atoms with E-state index < -0.39 is 17.5 Å². The summed E-state index contributed by atoms with van der Waals surface area (Å²) in [6, 6.07) is 5.76. The van der Waals surface area contributed by atoms with Gasteiger partial charge in [-0.05, 0) is 37.6 Å². The fourth-order valence-electron chi connectivity index (χ4n) is 4.36. The number of aromatic nitrogens is 1. The van der Waals surface area contributed by atoms with E-state index in [9.17, 15) is 19.4 Å². The summed E-state index contributed by atoms with van der Waals surface area (Å²) in [7, 11) is 0. The molecule has 0 amide bonds. The van der Waals surface area contributed by atoms with Crippen LogP contribution < -0.4 is 21.5 Å². The van der Waals surface area contributed by atoms with Crippen molar-refractivity contribution in [2.45, 2.75) is 31.9 Å². The fraction of sp³-hybridized carbons (Fsp3) is 0.304. The minimum Gasteiger partial charge on any atom is -0.504 e. The number of benzene rings is 1. The van der Waals surface area contributed by atoms with E-state index in [0.717, 1.165) is 6.07 Å². The van der Waals surface area contributed by atoms with Crippen LogP contribution in [0.25, 0.3) is 5.70 Å². The Morgan fingerprint density at radius 1 is 1.42 bits per heavy atom. The van der Waals surface area contributed by atoms with Gasteiger partial charge in [0.1, 0.15) is 11.9 Å². The Balaban J connectivity index is 1.59. The lowest BCUT2D eigenvalue weighted by molar-refractivity contribution is 0.0695. The molecule has 1 fully saturated rings. The van der Waals surface area contributed by atoms with Crippen LogP contribution in [0.3, 0.4) is 0 Å². The number of ether oxygens (including phenoxy) is 1. The van der Waals surface area contributed by atoms with Gasteiger partial charge in [0.05, 0.1) is 23.3 Å². The van der Waals surface area contributed by atoms with Crippen LogP contribution >= 0.6 is 0 Å². The van der Waals surface area contributed by atoms with Gasteiger partial charge in [0, 0.05) is 36.5 Å². The predicted octanol–water partition coefficient (Wildman–Crippen LogP) is 1.88. The van der Waals surface area contributed by atoms with E-state index in [1.165, 1.54) is 18.3 Å². The third-order valence-corrected chi connectivity index (χ3v) is 6.13. The molecule has 4 rings (SSSR count). The van der Waals surface area contributed by atoms with Gasteiger partial charge >= 0.3 is 5.97 Å². The normalized spacial score (nSPS) is 22.7. The summed E-state index contributed by atoms with van der Waals surface area (Å²) in [6.07, 6.45) is 3.31. The number of aryl methyl sites for hydroxylation is 1.